The Kier molecular flexibility index (Phi) is 5.98. The minimum absolute atomic E-state index is 0.0714. The van der Waals surface area contributed by atoms with Crippen molar-refractivity contribution in [3.63, 3.8) is 0 Å². The van der Waals surface area contributed by atoms with Crippen LogP contribution in [0.1, 0.15) is 49.8 Å². The maximum atomic E-state index is 15.8. The number of aliphatic hydroxyl groups is 1. The number of nitrogens with one attached hydrogen (secondary N) is 1. The van der Waals surface area contributed by atoms with Crippen molar-refractivity contribution >= 4 is 15.9 Å². The van der Waals surface area contributed by atoms with Gasteiger partial charge in [0.05, 0.1) is 18.0 Å². The minimum Gasteiger partial charge on any atom is -0.384 e. The number of hydrogen-bond acceptors (Lipinski definition) is 5. The summed E-state index contributed by atoms with van der Waals surface area (Å²) in [6.07, 6.45) is 3.56. The van der Waals surface area contributed by atoms with Crippen LogP contribution >= 0.6 is 0 Å². The lowest BCUT2D eigenvalue weighted by molar-refractivity contribution is -0.157. The molecule has 4 aliphatic rings. The van der Waals surface area contributed by atoms with Gasteiger partial charge < -0.3 is 10.0 Å². The maximum Gasteiger partial charge on any atom is 0.251 e. The summed E-state index contributed by atoms with van der Waals surface area (Å²) >= 11 is 0. The predicted molar refractivity (Wildman–Crippen MR) is 126 cm³/mol. The van der Waals surface area contributed by atoms with Crippen LogP contribution in [0.2, 0.25) is 0 Å². The van der Waals surface area contributed by atoms with E-state index < -0.39 is 39.9 Å². The fourth-order valence-corrected chi connectivity index (χ4v) is 6.33. The minimum atomic E-state index is -3.55. The average molecular weight is 488 g/mol. The number of fused-ring (bicyclic) bond motifs is 2. The number of piperidine rings is 2. The molecule has 0 unspecified atom stereocenters. The van der Waals surface area contributed by atoms with Crippen LogP contribution < -0.4 is 4.72 Å². The van der Waals surface area contributed by atoms with Gasteiger partial charge in [-0.3, -0.25) is 9.78 Å². The van der Waals surface area contributed by atoms with Gasteiger partial charge in [0, 0.05) is 29.3 Å². The predicted octanol–water partition coefficient (Wildman–Crippen LogP) is 2.60. The summed E-state index contributed by atoms with van der Waals surface area (Å²) in [4.78, 5) is 19.2. The number of aliphatic hydroxyl groups excluding tert-OH is 1. The van der Waals surface area contributed by atoms with Gasteiger partial charge in [0.1, 0.15) is 11.9 Å². The van der Waals surface area contributed by atoms with E-state index in [0.717, 1.165) is 24.8 Å². The highest BCUT2D eigenvalue weighted by molar-refractivity contribution is 7.88. The second-order valence-electron chi connectivity index (χ2n) is 9.99. The van der Waals surface area contributed by atoms with E-state index >= 15 is 4.39 Å². The molecule has 1 aromatic heterocycles. The van der Waals surface area contributed by atoms with E-state index in [2.05, 4.69) is 9.71 Å². The third kappa shape index (κ3) is 4.48. The van der Waals surface area contributed by atoms with Gasteiger partial charge in [-0.2, -0.15) is 0 Å². The first kappa shape index (κ1) is 23.4. The molecule has 182 valence electrons. The lowest BCUT2D eigenvalue weighted by atomic mass is 9.66. The molecule has 2 saturated heterocycles. The van der Waals surface area contributed by atoms with Crippen molar-refractivity contribution in [3.05, 3.63) is 53.5 Å². The lowest BCUT2D eigenvalue weighted by Gasteiger charge is -2.58. The Morgan fingerprint density at radius 3 is 2.59 bits per heavy atom. The molecule has 4 fully saturated rings. The number of pyridine rings is 1. The molecule has 2 bridgehead atoms. The summed E-state index contributed by atoms with van der Waals surface area (Å²) in [6.45, 7) is 1.41. The molecule has 34 heavy (non-hydrogen) atoms. The quantitative estimate of drug-likeness (QED) is 0.626. The van der Waals surface area contributed by atoms with Crippen LogP contribution in [-0.4, -0.2) is 59.8 Å². The van der Waals surface area contributed by atoms with Gasteiger partial charge in [-0.05, 0) is 68.7 Å². The van der Waals surface area contributed by atoms with E-state index in [-0.39, 0.29) is 18.4 Å². The Morgan fingerprint density at radius 1 is 1.24 bits per heavy atom. The Labute approximate surface area is 199 Å². The normalized spacial score (nSPS) is 27.2. The monoisotopic (exact) mass is 487 g/mol. The van der Waals surface area contributed by atoms with Gasteiger partial charge in [0.2, 0.25) is 10.0 Å². The van der Waals surface area contributed by atoms with Crippen molar-refractivity contribution in [2.45, 2.75) is 69.2 Å². The van der Waals surface area contributed by atoms with Gasteiger partial charge in [0.15, 0.2) is 0 Å². The van der Waals surface area contributed by atoms with E-state index in [9.17, 15) is 18.3 Å². The zero-order valence-corrected chi connectivity index (χ0v) is 20.1. The van der Waals surface area contributed by atoms with Crippen molar-refractivity contribution < 1.29 is 22.7 Å². The van der Waals surface area contributed by atoms with Crippen LogP contribution in [0.15, 0.2) is 36.4 Å². The topological polar surface area (TPSA) is 99.6 Å². The molecule has 3 atom stereocenters. The number of carbonyl (C=O) groups is 1. The fourth-order valence-electron chi connectivity index (χ4n) is 5.48. The van der Waals surface area contributed by atoms with E-state index in [4.69, 9.17) is 0 Å². The van der Waals surface area contributed by atoms with E-state index in [1.807, 2.05) is 12.1 Å². The summed E-state index contributed by atoms with van der Waals surface area (Å²) in [5, 5.41) is 10.0. The summed E-state index contributed by atoms with van der Waals surface area (Å²) in [5.74, 6) is -0.345. The van der Waals surface area contributed by atoms with Crippen LogP contribution in [0, 0.1) is 11.7 Å². The van der Waals surface area contributed by atoms with Crippen molar-refractivity contribution in [2.24, 2.45) is 5.92 Å². The van der Waals surface area contributed by atoms with Crippen LogP contribution in [-0.2, 0) is 21.2 Å². The number of sulfonamides is 1. The average Bonchev–Trinajstić information content (AvgIpc) is 3.59. The van der Waals surface area contributed by atoms with Gasteiger partial charge in [-0.15, -0.1) is 0 Å². The number of rotatable bonds is 7. The van der Waals surface area contributed by atoms with Crippen LogP contribution in [0.4, 0.5) is 4.39 Å². The van der Waals surface area contributed by atoms with Gasteiger partial charge in [-0.1, -0.05) is 18.2 Å². The molecule has 2 aromatic rings. The Hall–Kier alpha value is -2.36. The molecular formula is C25H30FN3O4S. The molecule has 2 aliphatic heterocycles. The van der Waals surface area contributed by atoms with Crippen LogP contribution in [0.5, 0.6) is 0 Å². The van der Waals surface area contributed by atoms with Crippen LogP contribution in [0.3, 0.4) is 0 Å². The van der Waals surface area contributed by atoms with Crippen LogP contribution in [0.25, 0.3) is 11.3 Å². The number of benzene rings is 1. The number of halogens is 1. The standard InChI is InChI=1S/C25H30FN3O4S/c1-14(30)25(31)29-18-11-17(12-18)24(28-34(2,32)33)22(29)13-16-5-3-6-19(23(16)26)21-8-4-7-20(27-21)15-9-10-15/h3-8,14-15,17-18,22,24,28,30H,9-13H2,1-2H3/t14-,17?,18?,22+,24+/m1/s1. The smallest absolute Gasteiger partial charge is 0.251 e. The third-order valence-corrected chi connectivity index (χ3v) is 8.04. The van der Waals surface area contributed by atoms with E-state index in [0.29, 0.717) is 35.6 Å². The van der Waals surface area contributed by atoms with Crippen molar-refractivity contribution in [1.82, 2.24) is 14.6 Å². The number of nitrogens with zero attached hydrogens (tertiary/aromatic N) is 2. The SMILES string of the molecule is C[C@@H](O)C(=O)N1C2CC(C2)[C@H](NS(C)(=O)=O)[C@@H]1Cc1cccc(-c2cccc(C3CC3)n2)c1F. The first-order chi connectivity index (χ1) is 16.1. The second kappa shape index (κ2) is 8.70. The summed E-state index contributed by atoms with van der Waals surface area (Å²) < 4.78 is 42.7. The van der Waals surface area contributed by atoms with E-state index in [1.54, 1.807) is 29.2 Å². The number of aromatic nitrogens is 1. The second-order valence-corrected chi connectivity index (χ2v) is 11.8. The molecule has 3 heterocycles. The first-order valence-electron chi connectivity index (χ1n) is 11.8. The highest BCUT2D eigenvalue weighted by atomic mass is 32.2. The lowest BCUT2D eigenvalue weighted by Crippen LogP contribution is -2.71. The molecule has 1 amide bonds. The molecule has 0 spiro atoms. The highest BCUT2D eigenvalue weighted by Crippen LogP contribution is 2.45. The number of amides is 1. The Morgan fingerprint density at radius 2 is 1.94 bits per heavy atom. The molecule has 2 N–H and O–H groups in total. The largest absolute Gasteiger partial charge is 0.384 e. The molecule has 9 heteroatoms. The third-order valence-electron chi connectivity index (χ3n) is 7.33. The summed E-state index contributed by atoms with van der Waals surface area (Å²) in [5.41, 5.74) is 2.33. The van der Waals surface area contributed by atoms with Gasteiger partial charge >= 0.3 is 0 Å². The molecule has 2 aliphatic carbocycles. The molecule has 1 aromatic carbocycles. The number of hydrogen-bond donors (Lipinski definition) is 2. The van der Waals surface area contributed by atoms with Gasteiger partial charge in [0.25, 0.3) is 5.91 Å². The zero-order chi connectivity index (χ0) is 24.2. The molecule has 7 nitrogen and oxygen atoms in total. The van der Waals surface area contributed by atoms with Crippen molar-refractivity contribution in [2.75, 3.05) is 6.26 Å². The Balaban J connectivity index is 1.50. The molecule has 0 radical (unpaired) electrons. The molecular weight excluding hydrogens is 457 g/mol. The summed E-state index contributed by atoms with van der Waals surface area (Å²) in [7, 11) is -3.55. The van der Waals surface area contributed by atoms with Crippen molar-refractivity contribution in [3.8, 4) is 11.3 Å². The zero-order valence-electron chi connectivity index (χ0n) is 19.3. The summed E-state index contributed by atoms with van der Waals surface area (Å²) in [6, 6.07) is 9.59. The van der Waals surface area contributed by atoms with Crippen molar-refractivity contribution in [1.29, 1.82) is 0 Å². The first-order valence-corrected chi connectivity index (χ1v) is 13.7. The highest BCUT2D eigenvalue weighted by Gasteiger charge is 2.53. The maximum absolute atomic E-state index is 15.8. The van der Waals surface area contributed by atoms with E-state index in [1.165, 1.54) is 6.92 Å². The fraction of sp³-hybridized carbons (Fsp3) is 0.520. The molecule has 6 rings (SSSR count). The Bertz CT molecular complexity index is 1210. The molecule has 2 saturated carbocycles. The van der Waals surface area contributed by atoms with Gasteiger partial charge in [-0.25, -0.2) is 17.5 Å². The number of carbonyl (C=O) groups excluding carboxylic acids is 1.